The van der Waals surface area contributed by atoms with Crippen LogP contribution in [0.2, 0.25) is 0 Å². The molecule has 0 nitrogen and oxygen atoms in total. The van der Waals surface area contributed by atoms with E-state index in [4.69, 9.17) is 0 Å². The summed E-state index contributed by atoms with van der Waals surface area (Å²) in [5, 5.41) is 2.55. The lowest BCUT2D eigenvalue weighted by Crippen LogP contribution is -1.91. The van der Waals surface area contributed by atoms with E-state index in [1.54, 1.807) is 0 Å². The van der Waals surface area contributed by atoms with Gasteiger partial charge in [0, 0.05) is 8.95 Å². The van der Waals surface area contributed by atoms with Crippen molar-refractivity contribution >= 4 is 42.6 Å². The van der Waals surface area contributed by atoms with Gasteiger partial charge in [0.15, 0.2) is 0 Å². The van der Waals surface area contributed by atoms with Crippen molar-refractivity contribution in [1.82, 2.24) is 0 Å². The summed E-state index contributed by atoms with van der Waals surface area (Å²) in [4.78, 5) is 0. The smallest absolute Gasteiger partial charge is 0.0254 e. The molecular weight excluding hydrogens is 328 g/mol. The summed E-state index contributed by atoms with van der Waals surface area (Å²) in [6.07, 6.45) is 1.18. The molecule has 2 heteroatoms. The zero-order valence-corrected chi connectivity index (χ0v) is 12.6. The largest absolute Gasteiger partial charge is 0.0648 e. The molecule has 0 aliphatic rings. The SMILES string of the molecule is CCC(C)c1ccc2c(Br)ccc(Br)c2c1. The molecule has 0 aliphatic heterocycles. The molecular formula is C14H14Br2. The first kappa shape index (κ1) is 12.1. The van der Waals surface area contributed by atoms with E-state index in [2.05, 4.69) is 76.0 Å². The van der Waals surface area contributed by atoms with Gasteiger partial charge in [0.05, 0.1) is 0 Å². The number of fused-ring (bicyclic) bond motifs is 1. The van der Waals surface area contributed by atoms with E-state index in [-0.39, 0.29) is 0 Å². The quantitative estimate of drug-likeness (QED) is 0.640. The fourth-order valence-electron chi connectivity index (χ4n) is 1.84. The van der Waals surface area contributed by atoms with Crippen molar-refractivity contribution in [1.29, 1.82) is 0 Å². The Morgan fingerprint density at radius 3 is 2.25 bits per heavy atom. The Balaban J connectivity index is 2.66. The molecule has 1 unspecified atom stereocenters. The first-order valence-corrected chi connectivity index (χ1v) is 7.09. The van der Waals surface area contributed by atoms with Crippen molar-refractivity contribution in [3.63, 3.8) is 0 Å². The maximum Gasteiger partial charge on any atom is 0.0254 e. The average molecular weight is 342 g/mol. The van der Waals surface area contributed by atoms with Gasteiger partial charge in [-0.3, -0.25) is 0 Å². The van der Waals surface area contributed by atoms with Gasteiger partial charge in [-0.2, -0.15) is 0 Å². The Labute approximate surface area is 113 Å². The summed E-state index contributed by atoms with van der Waals surface area (Å²) in [5.41, 5.74) is 1.41. The Morgan fingerprint density at radius 2 is 1.62 bits per heavy atom. The van der Waals surface area contributed by atoms with Crippen LogP contribution in [0.5, 0.6) is 0 Å². The number of rotatable bonds is 2. The van der Waals surface area contributed by atoms with Gasteiger partial charge in [-0.05, 0) is 46.9 Å². The van der Waals surface area contributed by atoms with Crippen LogP contribution in [-0.2, 0) is 0 Å². The second kappa shape index (κ2) is 4.89. The van der Waals surface area contributed by atoms with Crippen molar-refractivity contribution in [2.75, 3.05) is 0 Å². The molecule has 0 spiro atoms. The Kier molecular flexibility index (Phi) is 3.70. The fourth-order valence-corrected chi connectivity index (χ4v) is 2.77. The van der Waals surface area contributed by atoms with Crippen LogP contribution < -0.4 is 0 Å². The van der Waals surface area contributed by atoms with Crippen LogP contribution in [0, 0.1) is 0 Å². The minimum absolute atomic E-state index is 0.621. The lowest BCUT2D eigenvalue weighted by atomic mass is 9.96. The molecule has 0 radical (unpaired) electrons. The van der Waals surface area contributed by atoms with E-state index in [0.29, 0.717) is 5.92 Å². The van der Waals surface area contributed by atoms with E-state index < -0.39 is 0 Å². The highest BCUT2D eigenvalue weighted by molar-refractivity contribution is 9.11. The Hall–Kier alpha value is -0.340. The van der Waals surface area contributed by atoms with Crippen molar-refractivity contribution < 1.29 is 0 Å². The molecule has 0 heterocycles. The minimum atomic E-state index is 0.621. The van der Waals surface area contributed by atoms with E-state index >= 15 is 0 Å². The highest BCUT2D eigenvalue weighted by Gasteiger charge is 2.07. The van der Waals surface area contributed by atoms with E-state index in [0.717, 1.165) is 8.95 Å². The van der Waals surface area contributed by atoms with Crippen LogP contribution in [0.3, 0.4) is 0 Å². The lowest BCUT2D eigenvalue weighted by Gasteiger charge is -2.11. The second-order valence-corrected chi connectivity index (χ2v) is 5.85. The van der Waals surface area contributed by atoms with Gasteiger partial charge in [0.2, 0.25) is 0 Å². The molecule has 0 aliphatic carbocycles. The Bertz CT molecular complexity index is 517. The molecule has 0 bridgehead atoms. The number of halogens is 2. The molecule has 16 heavy (non-hydrogen) atoms. The normalized spacial score (nSPS) is 13.0. The molecule has 0 saturated heterocycles. The van der Waals surface area contributed by atoms with E-state index in [1.807, 2.05) is 0 Å². The van der Waals surface area contributed by atoms with Gasteiger partial charge in [-0.25, -0.2) is 0 Å². The summed E-state index contributed by atoms with van der Waals surface area (Å²) in [7, 11) is 0. The van der Waals surface area contributed by atoms with E-state index in [9.17, 15) is 0 Å². The molecule has 0 fully saturated rings. The second-order valence-electron chi connectivity index (χ2n) is 4.14. The molecule has 2 aromatic carbocycles. The van der Waals surface area contributed by atoms with Crippen molar-refractivity contribution in [3.8, 4) is 0 Å². The third kappa shape index (κ3) is 2.18. The average Bonchev–Trinajstić information content (AvgIpc) is 2.32. The lowest BCUT2D eigenvalue weighted by molar-refractivity contribution is 0.735. The summed E-state index contributed by atoms with van der Waals surface area (Å²) >= 11 is 7.20. The molecule has 0 N–H and O–H groups in total. The third-order valence-corrected chi connectivity index (χ3v) is 4.50. The third-order valence-electron chi connectivity index (χ3n) is 3.12. The molecule has 0 aromatic heterocycles. The number of hydrogen-bond donors (Lipinski definition) is 0. The van der Waals surface area contributed by atoms with Crippen molar-refractivity contribution in [3.05, 3.63) is 44.8 Å². The van der Waals surface area contributed by atoms with Crippen molar-refractivity contribution in [2.24, 2.45) is 0 Å². The number of hydrogen-bond acceptors (Lipinski definition) is 0. The molecule has 0 saturated carbocycles. The molecule has 2 rings (SSSR count). The zero-order chi connectivity index (χ0) is 11.7. The maximum atomic E-state index is 3.62. The van der Waals surface area contributed by atoms with Crippen LogP contribution in [0.15, 0.2) is 39.3 Å². The van der Waals surface area contributed by atoms with Crippen LogP contribution >= 0.6 is 31.9 Å². The van der Waals surface area contributed by atoms with Gasteiger partial charge in [0.25, 0.3) is 0 Å². The molecule has 84 valence electrons. The number of benzene rings is 2. The molecule has 0 amide bonds. The first-order chi connectivity index (χ1) is 7.63. The van der Waals surface area contributed by atoms with Crippen LogP contribution in [-0.4, -0.2) is 0 Å². The van der Waals surface area contributed by atoms with Gasteiger partial charge in [-0.1, -0.05) is 57.8 Å². The maximum absolute atomic E-state index is 3.62. The van der Waals surface area contributed by atoms with Crippen molar-refractivity contribution in [2.45, 2.75) is 26.2 Å². The van der Waals surface area contributed by atoms with Gasteiger partial charge in [0.1, 0.15) is 0 Å². The highest BCUT2D eigenvalue weighted by Crippen LogP contribution is 2.32. The first-order valence-electron chi connectivity index (χ1n) is 5.51. The highest BCUT2D eigenvalue weighted by atomic mass is 79.9. The Morgan fingerprint density at radius 1 is 1.00 bits per heavy atom. The molecule has 1 atom stereocenters. The summed E-state index contributed by atoms with van der Waals surface area (Å²) in [6, 6.07) is 10.9. The summed E-state index contributed by atoms with van der Waals surface area (Å²) in [5.74, 6) is 0.621. The van der Waals surface area contributed by atoms with Crippen LogP contribution in [0.1, 0.15) is 31.7 Å². The summed E-state index contributed by atoms with van der Waals surface area (Å²) < 4.78 is 2.32. The minimum Gasteiger partial charge on any atom is -0.0648 e. The van der Waals surface area contributed by atoms with Gasteiger partial charge in [-0.15, -0.1) is 0 Å². The van der Waals surface area contributed by atoms with Crippen LogP contribution in [0.25, 0.3) is 10.8 Å². The standard InChI is InChI=1S/C14H14Br2/c1-3-9(2)10-4-5-11-12(8-10)14(16)7-6-13(11)15/h4-9H,3H2,1-2H3. The van der Waals surface area contributed by atoms with E-state index in [1.165, 1.54) is 22.8 Å². The summed E-state index contributed by atoms with van der Waals surface area (Å²) in [6.45, 7) is 4.50. The predicted octanol–water partition coefficient (Wildman–Crippen LogP) is 5.88. The molecule has 2 aromatic rings. The fraction of sp³-hybridized carbons (Fsp3) is 0.286. The van der Waals surface area contributed by atoms with Gasteiger partial charge < -0.3 is 0 Å². The van der Waals surface area contributed by atoms with Gasteiger partial charge >= 0.3 is 0 Å². The monoisotopic (exact) mass is 340 g/mol. The van der Waals surface area contributed by atoms with Crippen LogP contribution in [0.4, 0.5) is 0 Å². The predicted molar refractivity (Wildman–Crippen MR) is 78.1 cm³/mol. The zero-order valence-electron chi connectivity index (χ0n) is 9.43. The topological polar surface area (TPSA) is 0 Å².